The lowest BCUT2D eigenvalue weighted by atomic mass is 9.81. The molecule has 4 N–H and O–H groups in total. The van der Waals surface area contributed by atoms with Crippen LogP contribution in [0.15, 0.2) is 77.8 Å². The summed E-state index contributed by atoms with van der Waals surface area (Å²) in [6, 6.07) is 9.15. The largest absolute Gasteiger partial charge is 0.493 e. The Morgan fingerprint density at radius 1 is 0.673 bits per heavy atom. The molecule has 0 aliphatic rings. The van der Waals surface area contributed by atoms with E-state index in [1.165, 1.54) is 30.5 Å². The molecule has 0 aliphatic heterocycles. The molecule has 0 spiro atoms. The summed E-state index contributed by atoms with van der Waals surface area (Å²) in [5.41, 5.74) is -1.77. The van der Waals surface area contributed by atoms with Crippen LogP contribution in [0, 0.1) is 11.6 Å². The highest BCUT2D eigenvalue weighted by molar-refractivity contribution is 9.10. The Morgan fingerprint density at radius 2 is 1.12 bits per heavy atom. The van der Waals surface area contributed by atoms with Gasteiger partial charge in [-0.2, -0.15) is 46.5 Å². The lowest BCUT2D eigenvalue weighted by molar-refractivity contribution is -0.142. The predicted octanol–water partition coefficient (Wildman–Crippen LogP) is 6.88. The molecule has 52 heavy (non-hydrogen) atoms. The van der Waals surface area contributed by atoms with Gasteiger partial charge in [-0.05, 0) is 64.5 Å². The summed E-state index contributed by atoms with van der Waals surface area (Å²) in [6.45, 7) is 0. The summed E-state index contributed by atoms with van der Waals surface area (Å²) >= 11 is 14.5. The van der Waals surface area contributed by atoms with E-state index in [4.69, 9.17) is 23.2 Å². The van der Waals surface area contributed by atoms with Crippen molar-refractivity contribution in [2.24, 2.45) is 0 Å². The van der Waals surface area contributed by atoms with Crippen LogP contribution < -0.4 is 16.1 Å². The number of halogens is 11. The lowest BCUT2D eigenvalue weighted by Gasteiger charge is -2.11. The Bertz CT molecular complexity index is 2220. The van der Waals surface area contributed by atoms with Crippen LogP contribution in [-0.4, -0.2) is 56.7 Å². The first-order valence-corrected chi connectivity index (χ1v) is 15.4. The minimum Gasteiger partial charge on any atom is -0.423 e. The molecule has 0 amide bonds. The van der Waals surface area contributed by atoms with Crippen molar-refractivity contribution in [1.29, 1.82) is 0 Å². The van der Waals surface area contributed by atoms with Crippen LogP contribution in [0.4, 0.5) is 58.4 Å². The van der Waals surface area contributed by atoms with Gasteiger partial charge in [0.25, 0.3) is 0 Å². The first kappa shape index (κ1) is 38.3. The second-order valence-corrected chi connectivity index (χ2v) is 11.7. The van der Waals surface area contributed by atoms with Crippen molar-refractivity contribution >= 4 is 75.0 Å². The summed E-state index contributed by atoms with van der Waals surface area (Å²) in [5.74, 6) is -1.45. The molecule has 2 aromatic carbocycles. The van der Waals surface area contributed by atoms with E-state index in [2.05, 4.69) is 56.7 Å². The summed E-state index contributed by atoms with van der Waals surface area (Å²) in [4.78, 5) is 15.9. The van der Waals surface area contributed by atoms with Gasteiger partial charge in [-0.1, -0.05) is 23.2 Å². The predicted molar refractivity (Wildman–Crippen MR) is 175 cm³/mol. The van der Waals surface area contributed by atoms with Gasteiger partial charge >= 0.3 is 19.5 Å². The van der Waals surface area contributed by atoms with E-state index in [1.54, 1.807) is 0 Å². The Hall–Kier alpha value is -4.90. The van der Waals surface area contributed by atoms with Gasteiger partial charge in [0.1, 0.15) is 11.6 Å². The van der Waals surface area contributed by atoms with E-state index in [1.807, 2.05) is 0 Å². The van der Waals surface area contributed by atoms with E-state index < -0.39 is 42.5 Å². The van der Waals surface area contributed by atoms with E-state index in [0.29, 0.717) is 21.9 Å². The molecule has 4 aromatic heterocycles. The zero-order valence-corrected chi connectivity index (χ0v) is 28.2. The van der Waals surface area contributed by atoms with Crippen LogP contribution in [0.25, 0.3) is 11.6 Å². The van der Waals surface area contributed by atoms with Gasteiger partial charge in [0.15, 0.2) is 23.0 Å². The quantitative estimate of drug-likeness (QED) is 0.0991. The van der Waals surface area contributed by atoms with Crippen molar-refractivity contribution in [2.75, 3.05) is 10.6 Å². The lowest BCUT2D eigenvalue weighted by Crippen LogP contribution is -2.35. The normalized spacial score (nSPS) is 11.6. The SMILES string of the molecule is Fc1ccc(Nc2ncc(Br)c(-n3ccc(C(F)(F)F)n3)n2)cc1Cl.OB(O)c1cnc(Nc2ccc(F)c(Cl)c2)nc1-n1ccc(C(F)(F)F)n1. The van der Waals surface area contributed by atoms with Crippen LogP contribution in [0.5, 0.6) is 0 Å². The molecule has 0 radical (unpaired) electrons. The first-order chi connectivity index (χ1) is 24.4. The third kappa shape index (κ3) is 9.30. The summed E-state index contributed by atoms with van der Waals surface area (Å²) in [6.07, 6.45) is -4.77. The fourth-order valence-corrected chi connectivity index (χ4v) is 4.71. The summed E-state index contributed by atoms with van der Waals surface area (Å²) < 4.78 is 105. The molecule has 4 heterocycles. The highest BCUT2D eigenvalue weighted by atomic mass is 79.9. The van der Waals surface area contributed by atoms with E-state index in [-0.39, 0.29) is 39.0 Å². The van der Waals surface area contributed by atoms with Crippen LogP contribution in [0.2, 0.25) is 10.0 Å². The number of benzene rings is 2. The average molecular weight is 838 g/mol. The number of alkyl halides is 6. The van der Waals surface area contributed by atoms with Crippen molar-refractivity contribution in [3.8, 4) is 11.6 Å². The molecule has 0 atom stereocenters. The number of anilines is 4. The first-order valence-electron chi connectivity index (χ1n) is 13.9. The maximum Gasteiger partial charge on any atom is 0.493 e. The minimum absolute atomic E-state index is 0.0740. The van der Waals surface area contributed by atoms with E-state index >= 15 is 0 Å². The van der Waals surface area contributed by atoms with Crippen molar-refractivity contribution in [1.82, 2.24) is 39.5 Å². The van der Waals surface area contributed by atoms with Gasteiger partial charge in [-0.15, -0.1) is 0 Å². The third-order valence-corrected chi connectivity index (χ3v) is 7.48. The number of nitrogens with zero attached hydrogens (tertiary/aromatic N) is 8. The zero-order chi connectivity index (χ0) is 38.0. The van der Waals surface area contributed by atoms with Gasteiger partial charge in [-0.25, -0.2) is 28.1 Å². The van der Waals surface area contributed by atoms with Gasteiger partial charge in [0.05, 0.1) is 14.5 Å². The average Bonchev–Trinajstić information content (AvgIpc) is 3.77. The molecule has 0 aliphatic carbocycles. The van der Waals surface area contributed by atoms with Crippen LogP contribution in [-0.2, 0) is 12.4 Å². The molecule has 0 bridgehead atoms. The molecule has 0 unspecified atom stereocenters. The van der Waals surface area contributed by atoms with Crippen molar-refractivity contribution in [3.05, 3.63) is 111 Å². The Labute approximate surface area is 304 Å². The minimum atomic E-state index is -4.68. The zero-order valence-electron chi connectivity index (χ0n) is 25.1. The maximum atomic E-state index is 13.2. The highest BCUT2D eigenvalue weighted by Gasteiger charge is 2.35. The number of hydrogen-bond donors (Lipinski definition) is 4. The standard InChI is InChI=1S/C14H9BClF4N5O2.C14H7BrClF4N5/c16-9-5-7(1-2-10(9)17)22-13-21-6-8(15(26)27)12(23-13)25-4-3-11(24-25)14(18,19)20;15-8-6-21-13(22-7-1-2-10(17)9(16)5-7)23-12(8)25-4-3-11(24-25)14(18,19)20/h1-6,26-27H,(H,21,22,23);1-6H,(H,21,22,23). The fourth-order valence-electron chi connectivity index (χ4n) is 3.98. The van der Waals surface area contributed by atoms with Crippen LogP contribution in [0.1, 0.15) is 11.4 Å². The molecule has 0 fully saturated rings. The molecule has 24 heteroatoms. The Morgan fingerprint density at radius 3 is 1.54 bits per heavy atom. The molecule has 0 saturated carbocycles. The van der Waals surface area contributed by atoms with Gasteiger partial charge < -0.3 is 20.7 Å². The number of rotatable bonds is 7. The smallest absolute Gasteiger partial charge is 0.423 e. The number of hydrogen-bond acceptors (Lipinski definition) is 10. The molecular formula is C28H16BBrCl2F8N10O2. The van der Waals surface area contributed by atoms with E-state index in [0.717, 1.165) is 46.2 Å². The van der Waals surface area contributed by atoms with Crippen molar-refractivity contribution in [3.63, 3.8) is 0 Å². The fraction of sp³-hybridized carbons (Fsp3) is 0.0714. The Kier molecular flexibility index (Phi) is 11.3. The Balaban J connectivity index is 0.000000202. The van der Waals surface area contributed by atoms with Gasteiger partial charge in [-0.3, -0.25) is 0 Å². The van der Waals surface area contributed by atoms with E-state index in [9.17, 15) is 45.2 Å². The maximum absolute atomic E-state index is 13.2. The molecule has 12 nitrogen and oxygen atoms in total. The molecule has 270 valence electrons. The second-order valence-electron chi connectivity index (χ2n) is 10.0. The van der Waals surface area contributed by atoms with Crippen molar-refractivity contribution in [2.45, 2.75) is 12.4 Å². The number of aromatic nitrogens is 8. The van der Waals surface area contributed by atoms with Crippen molar-refractivity contribution < 1.29 is 45.2 Å². The highest BCUT2D eigenvalue weighted by Crippen LogP contribution is 2.30. The van der Waals surface area contributed by atoms with Crippen LogP contribution >= 0.6 is 39.1 Å². The summed E-state index contributed by atoms with van der Waals surface area (Å²) in [7, 11) is -2.05. The molecular weight excluding hydrogens is 822 g/mol. The monoisotopic (exact) mass is 836 g/mol. The molecule has 6 aromatic rings. The number of nitrogens with one attached hydrogen (secondary N) is 2. The van der Waals surface area contributed by atoms with Gasteiger partial charge in [0.2, 0.25) is 11.9 Å². The second kappa shape index (κ2) is 15.4. The van der Waals surface area contributed by atoms with Gasteiger partial charge in [0, 0.05) is 41.6 Å². The molecule has 0 saturated heterocycles. The summed E-state index contributed by atoms with van der Waals surface area (Å²) in [5, 5.41) is 30.9. The topological polar surface area (TPSA) is 152 Å². The van der Waals surface area contributed by atoms with Crippen LogP contribution in [0.3, 0.4) is 0 Å². The third-order valence-electron chi connectivity index (χ3n) is 6.34. The molecule has 6 rings (SSSR count).